The summed E-state index contributed by atoms with van der Waals surface area (Å²) < 4.78 is 6.85. The molecule has 3 aromatic heterocycles. The van der Waals surface area contributed by atoms with Gasteiger partial charge < -0.3 is 14.6 Å². The molecule has 148 valence electrons. The molecular formula is C22H17N5O3. The van der Waals surface area contributed by atoms with Crippen LogP contribution in [0.1, 0.15) is 11.1 Å². The summed E-state index contributed by atoms with van der Waals surface area (Å²) in [6.45, 7) is 3.95. The Morgan fingerprint density at radius 1 is 1.07 bits per heavy atom. The highest BCUT2D eigenvalue weighted by molar-refractivity contribution is 5.89. The second-order valence-corrected chi connectivity index (χ2v) is 7.12. The average Bonchev–Trinajstić information content (AvgIpc) is 3.36. The standard InChI is InChI=1S/C22H17N5O3/c1-12-6-8-15(9-7-12)27-20-16(11-23-27)18(28)17(21(29)25-20)22-24-19(26-30-22)14-5-3-4-13(2)10-14/h3-11H,1-2H3,(H2,25,28,29). The van der Waals surface area contributed by atoms with Crippen molar-refractivity contribution in [3.63, 3.8) is 0 Å². The fraction of sp³-hybridized carbons (Fsp3) is 0.0909. The van der Waals surface area contributed by atoms with Crippen LogP contribution in [0, 0.1) is 13.8 Å². The number of nitrogens with zero attached hydrogens (tertiary/aromatic N) is 4. The van der Waals surface area contributed by atoms with Crippen molar-refractivity contribution in [3.05, 3.63) is 76.2 Å². The molecule has 0 bridgehead atoms. The topological polar surface area (TPSA) is 110 Å². The number of rotatable bonds is 3. The van der Waals surface area contributed by atoms with E-state index in [1.807, 2.05) is 62.4 Å². The maximum absolute atomic E-state index is 12.8. The first-order valence-electron chi connectivity index (χ1n) is 9.32. The van der Waals surface area contributed by atoms with Gasteiger partial charge in [0.1, 0.15) is 17.0 Å². The first-order valence-corrected chi connectivity index (χ1v) is 9.32. The molecule has 0 spiro atoms. The van der Waals surface area contributed by atoms with Crippen molar-refractivity contribution < 1.29 is 9.63 Å². The van der Waals surface area contributed by atoms with Crippen LogP contribution >= 0.6 is 0 Å². The van der Waals surface area contributed by atoms with Crippen LogP contribution in [0.2, 0.25) is 0 Å². The lowest BCUT2D eigenvalue weighted by Crippen LogP contribution is -2.11. The highest BCUT2D eigenvalue weighted by Crippen LogP contribution is 2.32. The zero-order chi connectivity index (χ0) is 20.8. The second-order valence-electron chi connectivity index (χ2n) is 7.12. The minimum Gasteiger partial charge on any atom is -0.506 e. The molecule has 2 N–H and O–H groups in total. The normalized spacial score (nSPS) is 11.3. The molecule has 0 saturated carbocycles. The van der Waals surface area contributed by atoms with Crippen LogP contribution in [0.15, 0.2) is 64.0 Å². The maximum Gasteiger partial charge on any atom is 0.267 e. The molecule has 3 heterocycles. The van der Waals surface area contributed by atoms with E-state index in [0.717, 1.165) is 22.4 Å². The number of aromatic nitrogens is 5. The van der Waals surface area contributed by atoms with Gasteiger partial charge in [-0.05, 0) is 32.0 Å². The summed E-state index contributed by atoms with van der Waals surface area (Å²) in [5.41, 5.74) is 3.42. The van der Waals surface area contributed by atoms with E-state index in [1.165, 1.54) is 6.20 Å². The smallest absolute Gasteiger partial charge is 0.267 e. The average molecular weight is 399 g/mol. The summed E-state index contributed by atoms with van der Waals surface area (Å²) in [5, 5.41) is 19.5. The Labute approximate surface area is 170 Å². The molecule has 0 aliphatic heterocycles. The number of aromatic hydroxyl groups is 1. The van der Waals surface area contributed by atoms with Gasteiger partial charge in [0, 0.05) is 5.56 Å². The van der Waals surface area contributed by atoms with Crippen LogP contribution in [-0.4, -0.2) is 30.0 Å². The molecule has 5 aromatic rings. The molecule has 0 atom stereocenters. The third-order valence-corrected chi connectivity index (χ3v) is 4.91. The molecule has 0 unspecified atom stereocenters. The first-order chi connectivity index (χ1) is 14.5. The van der Waals surface area contributed by atoms with E-state index in [-0.39, 0.29) is 17.2 Å². The van der Waals surface area contributed by atoms with Crippen molar-refractivity contribution in [1.82, 2.24) is 24.9 Å². The number of aromatic amines is 1. The Balaban J connectivity index is 1.63. The van der Waals surface area contributed by atoms with Crippen molar-refractivity contribution in [1.29, 1.82) is 0 Å². The Hall–Kier alpha value is -4.20. The molecule has 2 aromatic carbocycles. The SMILES string of the molecule is Cc1ccc(-n2ncc3c(O)c(-c4nc(-c5cccc(C)c5)no4)c(=O)[nH]c32)cc1. The molecular weight excluding hydrogens is 382 g/mol. The van der Waals surface area contributed by atoms with Crippen molar-refractivity contribution in [2.75, 3.05) is 0 Å². The maximum atomic E-state index is 12.8. The van der Waals surface area contributed by atoms with E-state index in [2.05, 4.69) is 20.2 Å². The molecule has 0 radical (unpaired) electrons. The molecule has 0 aliphatic carbocycles. The van der Waals surface area contributed by atoms with Gasteiger partial charge in [0.2, 0.25) is 5.82 Å². The predicted molar refractivity (Wildman–Crippen MR) is 112 cm³/mol. The number of benzene rings is 2. The third kappa shape index (κ3) is 2.86. The minimum absolute atomic E-state index is 0.0600. The van der Waals surface area contributed by atoms with Crippen LogP contribution in [0.5, 0.6) is 5.75 Å². The van der Waals surface area contributed by atoms with E-state index in [1.54, 1.807) is 4.68 Å². The lowest BCUT2D eigenvalue weighted by molar-refractivity contribution is 0.426. The van der Waals surface area contributed by atoms with E-state index in [9.17, 15) is 9.90 Å². The summed E-state index contributed by atoms with van der Waals surface area (Å²) in [6.07, 6.45) is 1.49. The van der Waals surface area contributed by atoms with Gasteiger partial charge in [0.05, 0.1) is 17.3 Å². The van der Waals surface area contributed by atoms with Crippen molar-refractivity contribution in [2.45, 2.75) is 13.8 Å². The van der Waals surface area contributed by atoms with Gasteiger partial charge in [-0.2, -0.15) is 10.1 Å². The quantitative estimate of drug-likeness (QED) is 0.478. The molecule has 8 heteroatoms. The summed E-state index contributed by atoms with van der Waals surface area (Å²) in [4.78, 5) is 19.9. The summed E-state index contributed by atoms with van der Waals surface area (Å²) in [7, 11) is 0. The number of H-pyrrole nitrogens is 1. The van der Waals surface area contributed by atoms with Crippen molar-refractivity contribution in [3.8, 4) is 34.3 Å². The zero-order valence-corrected chi connectivity index (χ0v) is 16.2. The van der Waals surface area contributed by atoms with Crippen molar-refractivity contribution >= 4 is 11.0 Å². The Morgan fingerprint density at radius 3 is 2.63 bits per heavy atom. The summed E-state index contributed by atoms with van der Waals surface area (Å²) >= 11 is 0. The van der Waals surface area contributed by atoms with Crippen LogP contribution in [-0.2, 0) is 0 Å². The Morgan fingerprint density at radius 2 is 1.87 bits per heavy atom. The fourth-order valence-corrected chi connectivity index (χ4v) is 3.36. The highest BCUT2D eigenvalue weighted by atomic mass is 16.5. The lowest BCUT2D eigenvalue weighted by atomic mass is 10.1. The summed E-state index contributed by atoms with van der Waals surface area (Å²) in [5.74, 6) is 0.0183. The molecule has 8 nitrogen and oxygen atoms in total. The van der Waals surface area contributed by atoms with Gasteiger partial charge in [0.15, 0.2) is 0 Å². The molecule has 0 aliphatic rings. The van der Waals surface area contributed by atoms with Gasteiger partial charge in [-0.25, -0.2) is 4.68 Å². The van der Waals surface area contributed by atoms with Crippen LogP contribution in [0.4, 0.5) is 0 Å². The van der Waals surface area contributed by atoms with Gasteiger partial charge in [-0.3, -0.25) is 4.79 Å². The molecule has 30 heavy (non-hydrogen) atoms. The Bertz CT molecular complexity index is 1440. The summed E-state index contributed by atoms with van der Waals surface area (Å²) in [6, 6.07) is 15.3. The number of pyridine rings is 1. The number of aryl methyl sites for hydroxylation is 2. The first kappa shape index (κ1) is 17.9. The number of hydrogen-bond acceptors (Lipinski definition) is 6. The number of fused-ring (bicyclic) bond motifs is 1. The predicted octanol–water partition coefficient (Wildman–Crippen LogP) is 3.75. The largest absolute Gasteiger partial charge is 0.506 e. The van der Waals surface area contributed by atoms with Crippen LogP contribution < -0.4 is 5.56 Å². The molecule has 0 saturated heterocycles. The van der Waals surface area contributed by atoms with Crippen molar-refractivity contribution in [2.24, 2.45) is 0 Å². The molecule has 0 amide bonds. The lowest BCUT2D eigenvalue weighted by Gasteiger charge is -2.05. The minimum atomic E-state index is -0.548. The monoisotopic (exact) mass is 399 g/mol. The second kappa shape index (κ2) is 6.70. The number of nitrogens with one attached hydrogen (secondary N) is 1. The van der Waals surface area contributed by atoms with Gasteiger partial charge in [0.25, 0.3) is 11.4 Å². The van der Waals surface area contributed by atoms with E-state index >= 15 is 0 Å². The number of hydrogen-bond donors (Lipinski definition) is 2. The fourth-order valence-electron chi connectivity index (χ4n) is 3.36. The highest BCUT2D eigenvalue weighted by Gasteiger charge is 2.22. The van der Waals surface area contributed by atoms with Gasteiger partial charge in [-0.15, -0.1) is 0 Å². The van der Waals surface area contributed by atoms with Crippen LogP contribution in [0.25, 0.3) is 39.6 Å². The van der Waals surface area contributed by atoms with E-state index in [0.29, 0.717) is 16.9 Å². The van der Waals surface area contributed by atoms with Gasteiger partial charge >= 0.3 is 0 Å². The Kier molecular flexibility index (Phi) is 3.99. The molecule has 0 fully saturated rings. The third-order valence-electron chi connectivity index (χ3n) is 4.91. The van der Waals surface area contributed by atoms with Crippen LogP contribution in [0.3, 0.4) is 0 Å². The van der Waals surface area contributed by atoms with Gasteiger partial charge in [-0.1, -0.05) is 46.6 Å². The molecule has 5 rings (SSSR count). The van der Waals surface area contributed by atoms with E-state index in [4.69, 9.17) is 4.52 Å². The zero-order valence-electron chi connectivity index (χ0n) is 16.2. The van der Waals surface area contributed by atoms with E-state index < -0.39 is 5.56 Å².